The first kappa shape index (κ1) is 8.57. The van der Waals surface area contributed by atoms with Crippen LogP contribution in [-0.4, -0.2) is 4.43 Å². The molecule has 0 fully saturated rings. The van der Waals surface area contributed by atoms with Gasteiger partial charge in [0.2, 0.25) is 0 Å². The van der Waals surface area contributed by atoms with Gasteiger partial charge in [-0.2, -0.15) is 0 Å². The van der Waals surface area contributed by atoms with Crippen molar-refractivity contribution in [3.8, 4) is 0 Å². The topological polar surface area (TPSA) is 0 Å². The van der Waals surface area contributed by atoms with Crippen LogP contribution < -0.4 is 0 Å². The van der Waals surface area contributed by atoms with E-state index < -0.39 is 0 Å². The maximum absolute atomic E-state index is 2.49. The lowest BCUT2D eigenvalue weighted by molar-refractivity contribution is 0.561. The van der Waals surface area contributed by atoms with Gasteiger partial charge in [0.05, 0.1) is 0 Å². The summed E-state index contributed by atoms with van der Waals surface area (Å²) < 4.78 is 1.30. The van der Waals surface area contributed by atoms with Crippen molar-refractivity contribution >= 4 is 22.6 Å². The lowest BCUT2D eigenvalue weighted by Crippen LogP contribution is -1.99. The first-order chi connectivity index (χ1) is 4.93. The fraction of sp³-hybridized carbons (Fsp3) is 0.778. The van der Waals surface area contributed by atoms with Crippen molar-refractivity contribution in [1.29, 1.82) is 0 Å². The van der Waals surface area contributed by atoms with Crippen LogP contribution in [0.1, 0.15) is 32.1 Å². The third-order valence-electron chi connectivity index (χ3n) is 2.05. The quantitative estimate of drug-likeness (QED) is 0.379. The summed E-state index contributed by atoms with van der Waals surface area (Å²) in [7, 11) is 0. The molecular weight excluding hydrogens is 235 g/mol. The molecule has 1 aliphatic rings. The van der Waals surface area contributed by atoms with E-state index in [1.807, 2.05) is 0 Å². The molecule has 10 heavy (non-hydrogen) atoms. The van der Waals surface area contributed by atoms with Gasteiger partial charge in [-0.3, -0.25) is 0 Å². The maximum atomic E-state index is 2.49. The molecule has 0 spiro atoms. The highest BCUT2D eigenvalue weighted by molar-refractivity contribution is 14.1. The zero-order valence-electron chi connectivity index (χ0n) is 6.35. The number of halogens is 1. The van der Waals surface area contributed by atoms with Gasteiger partial charge in [-0.15, -0.1) is 0 Å². The molecule has 1 atom stereocenters. The van der Waals surface area contributed by atoms with Gasteiger partial charge < -0.3 is 0 Å². The minimum absolute atomic E-state index is 0.876. The van der Waals surface area contributed by atoms with E-state index in [0.29, 0.717) is 0 Å². The minimum Gasteiger partial charge on any atom is -0.0882 e. The molecule has 0 heterocycles. The molecular formula is C9H15I. The smallest absolute Gasteiger partial charge is 0.00583 e. The number of allylic oxidation sites excluding steroid dienone is 2. The van der Waals surface area contributed by atoms with Crippen LogP contribution in [0.25, 0.3) is 0 Å². The molecule has 58 valence electrons. The summed E-state index contributed by atoms with van der Waals surface area (Å²) in [4.78, 5) is 0. The maximum Gasteiger partial charge on any atom is 0.00583 e. The zero-order chi connectivity index (χ0) is 7.23. The number of hydrogen-bond donors (Lipinski definition) is 0. The predicted molar refractivity (Wildman–Crippen MR) is 54.6 cm³/mol. The number of alkyl halides is 1. The number of hydrogen-bond acceptors (Lipinski definition) is 0. The highest BCUT2D eigenvalue weighted by Gasteiger charge is 2.03. The van der Waals surface area contributed by atoms with Crippen LogP contribution in [0.4, 0.5) is 0 Å². The van der Waals surface area contributed by atoms with Crippen molar-refractivity contribution in [3.05, 3.63) is 12.2 Å². The number of rotatable bonds is 1. The highest BCUT2D eigenvalue weighted by Crippen LogP contribution is 2.18. The van der Waals surface area contributed by atoms with E-state index >= 15 is 0 Å². The Labute approximate surface area is 77.2 Å². The van der Waals surface area contributed by atoms with Gasteiger partial charge in [-0.1, -0.05) is 47.6 Å². The molecule has 0 radical (unpaired) electrons. The summed E-state index contributed by atoms with van der Waals surface area (Å²) in [5.74, 6) is 0.876. The third kappa shape index (κ3) is 3.04. The average molecular weight is 250 g/mol. The van der Waals surface area contributed by atoms with Gasteiger partial charge >= 0.3 is 0 Å². The SMILES string of the molecule is ICC1/C=C\CCCCC1. The van der Waals surface area contributed by atoms with Crippen molar-refractivity contribution in [1.82, 2.24) is 0 Å². The van der Waals surface area contributed by atoms with Crippen molar-refractivity contribution < 1.29 is 0 Å². The Hall–Kier alpha value is 0.470. The van der Waals surface area contributed by atoms with Crippen molar-refractivity contribution in [2.24, 2.45) is 5.92 Å². The van der Waals surface area contributed by atoms with E-state index in [-0.39, 0.29) is 0 Å². The summed E-state index contributed by atoms with van der Waals surface area (Å²) >= 11 is 2.49. The van der Waals surface area contributed by atoms with E-state index in [9.17, 15) is 0 Å². The summed E-state index contributed by atoms with van der Waals surface area (Å²) in [6, 6.07) is 0. The molecule has 0 saturated heterocycles. The molecule has 1 aliphatic carbocycles. The molecule has 0 amide bonds. The minimum atomic E-state index is 0.876. The summed E-state index contributed by atoms with van der Waals surface area (Å²) in [5.41, 5.74) is 0. The second kappa shape index (κ2) is 5.16. The molecule has 1 unspecified atom stereocenters. The Morgan fingerprint density at radius 1 is 1.30 bits per heavy atom. The molecule has 1 rings (SSSR count). The molecule has 1 heteroatoms. The van der Waals surface area contributed by atoms with Gasteiger partial charge in [-0.25, -0.2) is 0 Å². The zero-order valence-corrected chi connectivity index (χ0v) is 8.51. The molecule has 0 nitrogen and oxygen atoms in total. The average Bonchev–Trinajstić information content (AvgIpc) is 1.87. The van der Waals surface area contributed by atoms with Crippen LogP contribution in [0.5, 0.6) is 0 Å². The van der Waals surface area contributed by atoms with Crippen molar-refractivity contribution in [2.45, 2.75) is 32.1 Å². The van der Waals surface area contributed by atoms with Gasteiger partial charge in [0.1, 0.15) is 0 Å². The van der Waals surface area contributed by atoms with E-state index in [1.165, 1.54) is 36.5 Å². The van der Waals surface area contributed by atoms with Crippen LogP contribution in [0.2, 0.25) is 0 Å². The van der Waals surface area contributed by atoms with Crippen molar-refractivity contribution in [3.63, 3.8) is 0 Å². The van der Waals surface area contributed by atoms with E-state index in [1.54, 1.807) is 0 Å². The normalized spacial score (nSPS) is 30.7. The second-order valence-corrected chi connectivity index (χ2v) is 3.86. The third-order valence-corrected chi connectivity index (χ3v) is 3.18. The summed E-state index contributed by atoms with van der Waals surface area (Å²) in [6.07, 6.45) is 11.8. The lowest BCUT2D eigenvalue weighted by atomic mass is 9.98. The first-order valence-electron chi connectivity index (χ1n) is 4.16. The Kier molecular flexibility index (Phi) is 4.42. The fourth-order valence-electron chi connectivity index (χ4n) is 1.36. The Balaban J connectivity index is 2.33. The van der Waals surface area contributed by atoms with Crippen LogP contribution in [0.3, 0.4) is 0 Å². The first-order valence-corrected chi connectivity index (χ1v) is 5.68. The van der Waals surface area contributed by atoms with Crippen molar-refractivity contribution in [2.75, 3.05) is 4.43 Å². The Morgan fingerprint density at radius 2 is 2.20 bits per heavy atom. The molecule has 0 bridgehead atoms. The van der Waals surface area contributed by atoms with E-state index in [0.717, 1.165) is 5.92 Å². The van der Waals surface area contributed by atoms with Crippen LogP contribution in [-0.2, 0) is 0 Å². The van der Waals surface area contributed by atoms with Gasteiger partial charge in [0.15, 0.2) is 0 Å². The largest absolute Gasteiger partial charge is 0.0882 e. The fourth-order valence-corrected chi connectivity index (χ4v) is 2.09. The van der Waals surface area contributed by atoms with E-state index in [4.69, 9.17) is 0 Å². The molecule has 0 N–H and O–H groups in total. The van der Waals surface area contributed by atoms with E-state index in [2.05, 4.69) is 34.7 Å². The monoisotopic (exact) mass is 250 g/mol. The van der Waals surface area contributed by atoms with Crippen LogP contribution >= 0.6 is 22.6 Å². The molecule has 0 aliphatic heterocycles. The highest BCUT2D eigenvalue weighted by atomic mass is 127. The Bertz CT molecular complexity index is 107. The molecule has 0 aromatic rings. The summed E-state index contributed by atoms with van der Waals surface area (Å²) in [5, 5.41) is 0. The predicted octanol–water partition coefficient (Wildman–Crippen LogP) is 3.56. The van der Waals surface area contributed by atoms with Crippen LogP contribution in [0.15, 0.2) is 12.2 Å². The van der Waals surface area contributed by atoms with Gasteiger partial charge in [-0.05, 0) is 25.2 Å². The molecule has 0 aromatic heterocycles. The standard InChI is InChI=1S/C9H15I/c10-8-9-6-4-2-1-3-5-7-9/h4,6,9H,1-3,5,7-8H2/b6-4-. The molecule has 0 aromatic carbocycles. The summed E-state index contributed by atoms with van der Waals surface area (Å²) in [6.45, 7) is 0. The Morgan fingerprint density at radius 3 is 3.00 bits per heavy atom. The lowest BCUT2D eigenvalue weighted by Gasteiger charge is -2.10. The van der Waals surface area contributed by atoms with Crippen LogP contribution in [0, 0.1) is 5.92 Å². The van der Waals surface area contributed by atoms with Gasteiger partial charge in [0.25, 0.3) is 0 Å². The molecule has 0 saturated carbocycles. The second-order valence-electron chi connectivity index (χ2n) is 2.98. The van der Waals surface area contributed by atoms with Gasteiger partial charge in [0, 0.05) is 4.43 Å².